The van der Waals surface area contributed by atoms with E-state index in [1.54, 1.807) is 18.2 Å². The Morgan fingerprint density at radius 3 is 2.62 bits per heavy atom. The van der Waals surface area contributed by atoms with Crippen LogP contribution in [-0.4, -0.2) is 10.9 Å². The number of phenolic OH excluding ortho intramolecular Hbond substituents is 1. The number of para-hydroxylation sites is 1. The molecular formula is C14H16O2. The number of Topliss-reactive ketones (excluding diaryl/α,β-unsaturated/α-hetero) is 1. The minimum atomic E-state index is 0.135. The fourth-order valence-electron chi connectivity index (χ4n) is 3.45. The molecule has 0 radical (unpaired) electrons. The Kier molecular flexibility index (Phi) is 2.23. The lowest BCUT2D eigenvalue weighted by molar-refractivity contribution is 0.0872. The zero-order valence-electron chi connectivity index (χ0n) is 9.23. The van der Waals surface area contributed by atoms with Crippen LogP contribution >= 0.6 is 0 Å². The summed E-state index contributed by atoms with van der Waals surface area (Å²) in [6.45, 7) is 0. The average Bonchev–Trinajstić information content (AvgIpc) is 2.90. The molecule has 3 rings (SSSR count). The van der Waals surface area contributed by atoms with Crippen LogP contribution in [0.3, 0.4) is 0 Å². The summed E-state index contributed by atoms with van der Waals surface area (Å²) in [5, 5.41) is 9.69. The number of hydrogen-bond acceptors (Lipinski definition) is 2. The first kappa shape index (κ1) is 9.88. The van der Waals surface area contributed by atoms with Crippen LogP contribution in [0.5, 0.6) is 5.75 Å². The van der Waals surface area contributed by atoms with E-state index in [4.69, 9.17) is 0 Å². The number of rotatable bonds is 2. The highest BCUT2D eigenvalue weighted by Gasteiger charge is 2.43. The Morgan fingerprint density at radius 2 is 2.00 bits per heavy atom. The third kappa shape index (κ3) is 1.44. The molecule has 2 aliphatic rings. The van der Waals surface area contributed by atoms with Crippen molar-refractivity contribution in [3.63, 3.8) is 0 Å². The van der Waals surface area contributed by atoms with E-state index in [1.807, 2.05) is 6.07 Å². The molecule has 0 aliphatic heterocycles. The maximum Gasteiger partial charge on any atom is 0.169 e. The van der Waals surface area contributed by atoms with Gasteiger partial charge in [0, 0.05) is 5.92 Å². The summed E-state index contributed by atoms with van der Waals surface area (Å²) < 4.78 is 0. The van der Waals surface area contributed by atoms with Crippen LogP contribution in [0.2, 0.25) is 0 Å². The van der Waals surface area contributed by atoms with Crippen LogP contribution in [0.25, 0.3) is 0 Å². The molecule has 2 aliphatic carbocycles. The van der Waals surface area contributed by atoms with Gasteiger partial charge < -0.3 is 5.11 Å². The molecule has 2 heteroatoms. The predicted octanol–water partition coefficient (Wildman–Crippen LogP) is 3.01. The van der Waals surface area contributed by atoms with Gasteiger partial charge in [-0.3, -0.25) is 4.79 Å². The molecule has 0 saturated heterocycles. The Morgan fingerprint density at radius 1 is 1.19 bits per heavy atom. The molecule has 2 unspecified atom stereocenters. The molecule has 0 spiro atoms. The second kappa shape index (κ2) is 3.62. The van der Waals surface area contributed by atoms with Gasteiger partial charge in [0.15, 0.2) is 5.78 Å². The van der Waals surface area contributed by atoms with E-state index >= 15 is 0 Å². The molecule has 1 N–H and O–H groups in total. The summed E-state index contributed by atoms with van der Waals surface area (Å²) >= 11 is 0. The molecule has 84 valence electrons. The summed E-state index contributed by atoms with van der Waals surface area (Å²) in [5.41, 5.74) is 0.514. The normalized spacial score (nSPS) is 31.9. The van der Waals surface area contributed by atoms with Gasteiger partial charge in [0.25, 0.3) is 0 Å². The number of ketones is 1. The predicted molar refractivity (Wildman–Crippen MR) is 61.4 cm³/mol. The zero-order valence-corrected chi connectivity index (χ0v) is 9.23. The van der Waals surface area contributed by atoms with Gasteiger partial charge in [0.05, 0.1) is 5.56 Å². The van der Waals surface area contributed by atoms with E-state index in [0.717, 1.165) is 12.3 Å². The van der Waals surface area contributed by atoms with Crippen LogP contribution in [0.4, 0.5) is 0 Å². The van der Waals surface area contributed by atoms with E-state index in [-0.39, 0.29) is 17.5 Å². The van der Waals surface area contributed by atoms with Gasteiger partial charge in [-0.25, -0.2) is 0 Å². The molecule has 3 atom stereocenters. The van der Waals surface area contributed by atoms with Gasteiger partial charge in [0.2, 0.25) is 0 Å². The molecule has 16 heavy (non-hydrogen) atoms. The first-order chi connectivity index (χ1) is 7.75. The SMILES string of the molecule is O=C(c1ccccc1O)[C@H]1CC2CCC1C2. The first-order valence-corrected chi connectivity index (χ1v) is 6.08. The van der Waals surface area contributed by atoms with Crippen LogP contribution in [0.1, 0.15) is 36.0 Å². The third-order valence-corrected chi connectivity index (χ3v) is 4.24. The van der Waals surface area contributed by atoms with Gasteiger partial charge in [-0.05, 0) is 43.2 Å². The standard InChI is InChI=1S/C14H16O2/c15-13-4-2-1-3-11(13)14(16)12-8-9-5-6-10(12)7-9/h1-4,9-10,12,15H,5-8H2/t9?,10?,12-/m0/s1. The second-order valence-corrected chi connectivity index (χ2v) is 5.16. The number of hydrogen-bond donors (Lipinski definition) is 1. The van der Waals surface area contributed by atoms with E-state index in [9.17, 15) is 9.90 Å². The summed E-state index contributed by atoms with van der Waals surface area (Å²) in [7, 11) is 0. The lowest BCUT2D eigenvalue weighted by atomic mass is 9.83. The molecule has 0 amide bonds. The molecule has 1 aromatic rings. The van der Waals surface area contributed by atoms with Crippen LogP contribution in [0.15, 0.2) is 24.3 Å². The average molecular weight is 216 g/mol. The van der Waals surface area contributed by atoms with Crippen molar-refractivity contribution in [2.24, 2.45) is 17.8 Å². The van der Waals surface area contributed by atoms with Crippen molar-refractivity contribution in [3.05, 3.63) is 29.8 Å². The Bertz CT molecular complexity index is 424. The molecule has 0 heterocycles. The summed E-state index contributed by atoms with van der Waals surface area (Å²) in [4.78, 5) is 12.3. The molecule has 0 aromatic heterocycles. The summed E-state index contributed by atoms with van der Waals surface area (Å²) in [6.07, 6.45) is 4.77. The maximum absolute atomic E-state index is 12.3. The smallest absolute Gasteiger partial charge is 0.169 e. The van der Waals surface area contributed by atoms with Crippen LogP contribution in [0, 0.1) is 17.8 Å². The molecule has 1 aromatic carbocycles. The fourth-order valence-corrected chi connectivity index (χ4v) is 3.45. The van der Waals surface area contributed by atoms with Crippen LogP contribution in [-0.2, 0) is 0 Å². The van der Waals surface area contributed by atoms with E-state index < -0.39 is 0 Å². The number of phenols is 1. The van der Waals surface area contributed by atoms with Gasteiger partial charge in [-0.2, -0.15) is 0 Å². The Labute approximate surface area is 95.3 Å². The lowest BCUT2D eigenvalue weighted by Crippen LogP contribution is -2.21. The topological polar surface area (TPSA) is 37.3 Å². The van der Waals surface area contributed by atoms with Gasteiger partial charge in [-0.1, -0.05) is 18.6 Å². The van der Waals surface area contributed by atoms with E-state index in [2.05, 4.69) is 0 Å². The maximum atomic E-state index is 12.3. The zero-order chi connectivity index (χ0) is 11.1. The number of carbonyl (C=O) groups excluding carboxylic acids is 1. The highest BCUT2D eigenvalue weighted by Crippen LogP contribution is 2.49. The van der Waals surface area contributed by atoms with Gasteiger partial charge in [0.1, 0.15) is 5.75 Å². The summed E-state index contributed by atoms with van der Waals surface area (Å²) in [6, 6.07) is 6.91. The molecule has 2 saturated carbocycles. The second-order valence-electron chi connectivity index (χ2n) is 5.16. The van der Waals surface area contributed by atoms with E-state index in [0.29, 0.717) is 11.5 Å². The van der Waals surface area contributed by atoms with Crippen molar-refractivity contribution in [1.82, 2.24) is 0 Å². The molecular weight excluding hydrogens is 200 g/mol. The minimum Gasteiger partial charge on any atom is -0.507 e. The van der Waals surface area contributed by atoms with Crippen LogP contribution < -0.4 is 0 Å². The Balaban J connectivity index is 1.86. The lowest BCUT2D eigenvalue weighted by Gasteiger charge is -2.20. The molecule has 2 bridgehead atoms. The van der Waals surface area contributed by atoms with Gasteiger partial charge in [-0.15, -0.1) is 0 Å². The Hall–Kier alpha value is -1.31. The number of benzene rings is 1. The number of carbonyl (C=O) groups is 1. The fraction of sp³-hybridized carbons (Fsp3) is 0.500. The molecule has 2 fully saturated rings. The van der Waals surface area contributed by atoms with Crippen molar-refractivity contribution in [2.75, 3.05) is 0 Å². The van der Waals surface area contributed by atoms with Crippen molar-refractivity contribution in [1.29, 1.82) is 0 Å². The quantitative estimate of drug-likeness (QED) is 0.771. The van der Waals surface area contributed by atoms with Crippen molar-refractivity contribution in [2.45, 2.75) is 25.7 Å². The highest BCUT2D eigenvalue weighted by molar-refractivity contribution is 6.00. The van der Waals surface area contributed by atoms with Crippen molar-refractivity contribution < 1.29 is 9.90 Å². The van der Waals surface area contributed by atoms with Crippen molar-refractivity contribution in [3.8, 4) is 5.75 Å². The number of fused-ring (bicyclic) bond motifs is 2. The highest BCUT2D eigenvalue weighted by atomic mass is 16.3. The van der Waals surface area contributed by atoms with Crippen molar-refractivity contribution >= 4 is 5.78 Å². The first-order valence-electron chi connectivity index (χ1n) is 6.08. The largest absolute Gasteiger partial charge is 0.507 e. The minimum absolute atomic E-state index is 0.135. The summed E-state index contributed by atoms with van der Waals surface area (Å²) in [5.74, 6) is 1.81. The third-order valence-electron chi connectivity index (χ3n) is 4.24. The van der Waals surface area contributed by atoms with Gasteiger partial charge >= 0.3 is 0 Å². The monoisotopic (exact) mass is 216 g/mol. The van der Waals surface area contributed by atoms with E-state index in [1.165, 1.54) is 19.3 Å². The molecule has 2 nitrogen and oxygen atoms in total. The number of aromatic hydroxyl groups is 1.